The van der Waals surface area contributed by atoms with Crippen molar-refractivity contribution in [2.24, 2.45) is 0 Å². The van der Waals surface area contributed by atoms with Crippen LogP contribution in [0.4, 0.5) is 0 Å². The average molecular weight is 325 g/mol. The molecule has 2 aromatic rings. The third kappa shape index (κ3) is 4.84. The fourth-order valence-electron chi connectivity index (χ4n) is 2.01. The third-order valence-corrected chi connectivity index (χ3v) is 3.52. The van der Waals surface area contributed by atoms with E-state index in [4.69, 9.17) is 19.6 Å². The Bertz CT molecular complexity index is 589. The van der Waals surface area contributed by atoms with Gasteiger partial charge in [0.25, 0.3) is 10.3 Å². The maximum atomic E-state index is 11.0. The van der Waals surface area contributed by atoms with Gasteiger partial charge in [0.15, 0.2) is 0 Å². The van der Waals surface area contributed by atoms with Crippen molar-refractivity contribution >= 4 is 21.0 Å². The minimum atomic E-state index is -1.87. The van der Waals surface area contributed by atoms with Gasteiger partial charge in [-0.2, -0.15) is 0 Å². The highest BCUT2D eigenvalue weighted by Gasteiger charge is 2.15. The highest BCUT2D eigenvalue weighted by molar-refractivity contribution is 8.04. The van der Waals surface area contributed by atoms with Crippen LogP contribution < -0.4 is 4.74 Å². The van der Waals surface area contributed by atoms with Gasteiger partial charge in [-0.1, -0.05) is 61.9 Å². The molecule has 2 rings (SSSR count). The summed E-state index contributed by atoms with van der Waals surface area (Å²) < 4.78 is 22.0. The molecule has 112 valence electrons. The van der Waals surface area contributed by atoms with E-state index in [1.165, 1.54) is 0 Å². The summed E-state index contributed by atoms with van der Waals surface area (Å²) in [7, 11) is 3.53. The number of hydrogen-bond donors (Lipinski definition) is 0. The highest BCUT2D eigenvalue weighted by atomic mass is 35.7. The number of halogens is 1. The van der Waals surface area contributed by atoms with Crippen LogP contribution in [0.25, 0.3) is 11.1 Å². The third-order valence-electron chi connectivity index (χ3n) is 2.94. The number of hydrogen-bond acceptors (Lipinski definition) is 3. The van der Waals surface area contributed by atoms with Crippen molar-refractivity contribution in [2.45, 2.75) is 26.1 Å². The Morgan fingerprint density at radius 3 is 2.43 bits per heavy atom. The second-order valence-corrected chi connectivity index (χ2v) is 5.82. The van der Waals surface area contributed by atoms with E-state index in [1.807, 2.05) is 61.5 Å². The summed E-state index contributed by atoms with van der Waals surface area (Å²) in [6.45, 7) is 2.00. The van der Waals surface area contributed by atoms with Crippen molar-refractivity contribution in [1.82, 2.24) is 0 Å². The molecule has 0 amide bonds. The lowest BCUT2D eigenvalue weighted by Gasteiger charge is -2.19. The first-order valence-corrected chi connectivity index (χ1v) is 8.67. The zero-order valence-corrected chi connectivity index (χ0v) is 13.3. The van der Waals surface area contributed by atoms with Crippen LogP contribution in [-0.4, -0.2) is 10.5 Å². The summed E-state index contributed by atoms with van der Waals surface area (Å²) in [4.78, 5) is 0. The van der Waals surface area contributed by atoms with Crippen molar-refractivity contribution in [3.8, 4) is 16.9 Å². The lowest BCUT2D eigenvalue weighted by molar-refractivity contribution is 0.0124. The van der Waals surface area contributed by atoms with Gasteiger partial charge in [0.2, 0.25) is 6.29 Å². The molecule has 21 heavy (non-hydrogen) atoms. The summed E-state index contributed by atoms with van der Waals surface area (Å²) in [6.07, 6.45) is 0.826. The summed E-state index contributed by atoms with van der Waals surface area (Å²) >= 11 is 0. The van der Waals surface area contributed by atoms with Crippen molar-refractivity contribution in [1.29, 1.82) is 0 Å². The van der Waals surface area contributed by atoms with E-state index in [0.29, 0.717) is 12.2 Å². The Morgan fingerprint density at radius 2 is 1.76 bits per heavy atom. The van der Waals surface area contributed by atoms with Crippen LogP contribution >= 0.6 is 10.7 Å². The predicted octanol–water partition coefficient (Wildman–Crippen LogP) is 4.69. The molecule has 0 fully saturated rings. The van der Waals surface area contributed by atoms with E-state index in [0.717, 1.165) is 17.5 Å². The predicted molar refractivity (Wildman–Crippen MR) is 86.3 cm³/mol. The van der Waals surface area contributed by atoms with Gasteiger partial charge in [-0.25, -0.2) is 8.39 Å². The van der Waals surface area contributed by atoms with Gasteiger partial charge < -0.3 is 4.74 Å². The Hall–Kier alpha value is -1.36. The molecule has 0 aliphatic rings. The molecule has 0 bridgehead atoms. The second-order valence-electron chi connectivity index (χ2n) is 4.49. The molecule has 0 saturated heterocycles. The van der Waals surface area contributed by atoms with Crippen molar-refractivity contribution in [2.75, 3.05) is 0 Å². The van der Waals surface area contributed by atoms with Gasteiger partial charge in [-0.05, 0) is 11.6 Å². The van der Waals surface area contributed by atoms with E-state index in [1.54, 1.807) is 0 Å². The molecule has 3 nitrogen and oxygen atoms in total. The molecular weight excluding hydrogens is 308 g/mol. The van der Waals surface area contributed by atoms with Gasteiger partial charge in [-0.15, -0.1) is 0 Å². The first kappa shape index (κ1) is 16.0. The molecule has 0 aliphatic heterocycles. The minimum absolute atomic E-state index is 0.613. The molecule has 0 saturated carbocycles. The van der Waals surface area contributed by atoms with E-state index in [-0.39, 0.29) is 0 Å². The lowest BCUT2D eigenvalue weighted by Crippen LogP contribution is -2.20. The first-order valence-electron chi connectivity index (χ1n) is 6.77. The van der Waals surface area contributed by atoms with E-state index >= 15 is 0 Å². The molecule has 0 spiro atoms. The first-order chi connectivity index (χ1) is 10.2. The van der Waals surface area contributed by atoms with Crippen LogP contribution in [0.1, 0.15) is 19.8 Å². The largest absolute Gasteiger partial charge is 0.463 e. The van der Waals surface area contributed by atoms with Crippen LogP contribution in [-0.2, 0) is 14.5 Å². The Morgan fingerprint density at radius 1 is 1.10 bits per heavy atom. The summed E-state index contributed by atoms with van der Waals surface area (Å²) in [5.41, 5.74) is 2.01. The maximum Gasteiger partial charge on any atom is 0.259 e. The fraction of sp³-hybridized carbons (Fsp3) is 0.250. The molecular formula is C16H17ClO3S. The highest BCUT2D eigenvalue weighted by Crippen LogP contribution is 2.31. The fourth-order valence-corrected chi connectivity index (χ4v) is 2.56. The van der Waals surface area contributed by atoms with Crippen molar-refractivity contribution in [3.63, 3.8) is 0 Å². The van der Waals surface area contributed by atoms with Gasteiger partial charge in [0, 0.05) is 22.7 Å². The van der Waals surface area contributed by atoms with Crippen LogP contribution in [0.5, 0.6) is 5.75 Å². The summed E-state index contributed by atoms with van der Waals surface area (Å²) in [5.74, 6) is 0.685. The van der Waals surface area contributed by atoms with E-state index in [9.17, 15) is 4.21 Å². The van der Waals surface area contributed by atoms with E-state index in [2.05, 4.69) is 0 Å². The average Bonchev–Trinajstić information content (AvgIpc) is 2.48. The van der Waals surface area contributed by atoms with Crippen LogP contribution in [0, 0.1) is 0 Å². The Labute approximate surface area is 132 Å². The molecule has 2 unspecified atom stereocenters. The van der Waals surface area contributed by atoms with Gasteiger partial charge in [0.05, 0.1) is 0 Å². The molecule has 0 radical (unpaired) electrons. The molecule has 0 aliphatic carbocycles. The lowest BCUT2D eigenvalue weighted by atomic mass is 10.1. The Kier molecular flexibility index (Phi) is 6.23. The number of benzene rings is 2. The maximum absolute atomic E-state index is 11.0. The molecule has 0 heterocycles. The number of rotatable bonds is 7. The smallest absolute Gasteiger partial charge is 0.259 e. The molecule has 2 atom stereocenters. The van der Waals surface area contributed by atoms with Crippen LogP contribution in [0.15, 0.2) is 54.6 Å². The van der Waals surface area contributed by atoms with E-state index < -0.39 is 16.6 Å². The zero-order chi connectivity index (χ0) is 15.1. The Balaban J connectivity index is 2.25. The monoisotopic (exact) mass is 324 g/mol. The summed E-state index contributed by atoms with van der Waals surface area (Å²) in [6, 6.07) is 17.6. The second kappa shape index (κ2) is 8.17. The zero-order valence-electron chi connectivity index (χ0n) is 11.7. The standard InChI is InChI=1S/C16H17ClO3S/c1-2-8-16(20-21(17)18)19-15-12-7-6-11-14(15)13-9-4-3-5-10-13/h3-7,9-12,16H,2,8H2,1H3. The molecule has 0 N–H and O–H groups in total. The SMILES string of the molecule is CCCC(Oc1ccccc1-c1ccccc1)OS(=O)Cl. The van der Waals surface area contributed by atoms with Crippen LogP contribution in [0.3, 0.4) is 0 Å². The van der Waals surface area contributed by atoms with Crippen molar-refractivity contribution in [3.05, 3.63) is 54.6 Å². The van der Waals surface area contributed by atoms with Crippen molar-refractivity contribution < 1.29 is 13.1 Å². The number of para-hydroxylation sites is 1. The summed E-state index contributed by atoms with van der Waals surface area (Å²) in [5, 5.41) is 0. The normalized spacial score (nSPS) is 13.6. The molecule has 2 aromatic carbocycles. The molecule has 0 aromatic heterocycles. The quantitative estimate of drug-likeness (QED) is 0.547. The van der Waals surface area contributed by atoms with Crippen LogP contribution in [0.2, 0.25) is 0 Å². The topological polar surface area (TPSA) is 35.5 Å². The minimum Gasteiger partial charge on any atom is -0.463 e. The molecule has 5 heteroatoms. The number of ether oxygens (including phenoxy) is 1. The van der Waals surface area contributed by atoms with Gasteiger partial charge >= 0.3 is 0 Å². The van der Waals surface area contributed by atoms with Gasteiger partial charge in [0.1, 0.15) is 5.75 Å². The van der Waals surface area contributed by atoms with Gasteiger partial charge in [-0.3, -0.25) is 0 Å².